The van der Waals surface area contributed by atoms with E-state index in [2.05, 4.69) is 29.6 Å². The Bertz CT molecular complexity index is 620. The van der Waals surface area contributed by atoms with Crippen LogP contribution in [0.15, 0.2) is 24.3 Å². The number of amides is 2. The highest BCUT2D eigenvalue weighted by atomic mass is 16.5. The molecule has 24 heavy (non-hydrogen) atoms. The van der Waals surface area contributed by atoms with Crippen LogP contribution in [-0.2, 0) is 15.9 Å². The number of carbonyl (C=O) groups is 1. The van der Waals surface area contributed by atoms with Crippen molar-refractivity contribution in [1.82, 2.24) is 10.2 Å². The van der Waals surface area contributed by atoms with E-state index in [0.717, 1.165) is 12.5 Å². The molecule has 0 radical (unpaired) electrons. The lowest BCUT2D eigenvalue weighted by atomic mass is 10.0. The summed E-state index contributed by atoms with van der Waals surface area (Å²) in [4.78, 5) is 14.4. The van der Waals surface area contributed by atoms with Crippen LogP contribution in [0.25, 0.3) is 0 Å². The summed E-state index contributed by atoms with van der Waals surface area (Å²) in [7, 11) is 1.66. The molecule has 1 N–H and O–H groups in total. The normalized spacial score (nSPS) is 33.8. The topological polar surface area (TPSA) is 50.8 Å². The molecule has 1 saturated heterocycles. The summed E-state index contributed by atoms with van der Waals surface area (Å²) in [5.41, 5.74) is 3.00. The van der Waals surface area contributed by atoms with E-state index in [9.17, 15) is 4.79 Å². The summed E-state index contributed by atoms with van der Waals surface area (Å²) in [6.07, 6.45) is 1.19. The molecule has 1 aromatic rings. The van der Waals surface area contributed by atoms with Crippen molar-refractivity contribution < 1.29 is 14.3 Å². The first-order valence-electron chi connectivity index (χ1n) is 8.92. The molecule has 1 aromatic carbocycles. The van der Waals surface area contributed by atoms with E-state index in [1.807, 2.05) is 11.8 Å². The number of fused-ring (bicyclic) bond motifs is 3. The molecule has 0 bridgehead atoms. The molecule has 1 aliphatic heterocycles. The van der Waals surface area contributed by atoms with Gasteiger partial charge in [0, 0.05) is 20.2 Å². The molecular weight excluding hydrogens is 304 g/mol. The fourth-order valence-corrected chi connectivity index (χ4v) is 4.57. The maximum atomic E-state index is 12.5. The van der Waals surface area contributed by atoms with Crippen LogP contribution in [0.5, 0.6) is 0 Å². The maximum Gasteiger partial charge on any atom is 0.317 e. The van der Waals surface area contributed by atoms with Crippen LogP contribution in [-0.4, -0.2) is 56.5 Å². The Morgan fingerprint density at radius 2 is 2.21 bits per heavy atom. The molecule has 130 valence electrons. The highest BCUT2D eigenvalue weighted by molar-refractivity contribution is 5.74. The Hall–Kier alpha value is -1.59. The smallest absolute Gasteiger partial charge is 0.317 e. The van der Waals surface area contributed by atoms with Gasteiger partial charge < -0.3 is 19.7 Å². The molecule has 4 rings (SSSR count). The number of hydrogen-bond donors (Lipinski definition) is 1. The predicted octanol–water partition coefficient (Wildman–Crippen LogP) is 2.02. The Morgan fingerprint density at radius 1 is 1.38 bits per heavy atom. The molecule has 2 aliphatic carbocycles. The van der Waals surface area contributed by atoms with Crippen LogP contribution >= 0.6 is 0 Å². The summed E-state index contributed by atoms with van der Waals surface area (Å²) >= 11 is 0. The van der Waals surface area contributed by atoms with E-state index >= 15 is 0 Å². The van der Waals surface area contributed by atoms with Crippen molar-refractivity contribution in [2.75, 3.05) is 33.4 Å². The van der Waals surface area contributed by atoms with Crippen LogP contribution in [0.4, 0.5) is 4.79 Å². The van der Waals surface area contributed by atoms with Gasteiger partial charge in [-0.25, -0.2) is 4.79 Å². The Labute approximate surface area is 143 Å². The van der Waals surface area contributed by atoms with Crippen LogP contribution in [0, 0.1) is 11.8 Å². The number of morpholine rings is 1. The lowest BCUT2D eigenvalue weighted by molar-refractivity contribution is -0.0896. The Balaban J connectivity index is 1.29. The Kier molecular flexibility index (Phi) is 4.22. The zero-order valence-corrected chi connectivity index (χ0v) is 14.4. The molecule has 0 unspecified atom stereocenters. The van der Waals surface area contributed by atoms with Crippen LogP contribution in [0.1, 0.15) is 24.0 Å². The lowest BCUT2D eigenvalue weighted by Gasteiger charge is -2.36. The zero-order chi connectivity index (χ0) is 16.7. The number of rotatable bonds is 4. The lowest BCUT2D eigenvalue weighted by Crippen LogP contribution is -2.53. The first kappa shape index (κ1) is 15.9. The second-order valence-corrected chi connectivity index (χ2v) is 7.37. The number of nitrogens with one attached hydrogen (secondary N) is 1. The van der Waals surface area contributed by atoms with Gasteiger partial charge in [-0.2, -0.15) is 0 Å². The number of ether oxygens (including phenoxy) is 2. The van der Waals surface area contributed by atoms with Crippen molar-refractivity contribution in [2.24, 2.45) is 11.8 Å². The number of benzene rings is 1. The van der Waals surface area contributed by atoms with Gasteiger partial charge in [0.1, 0.15) is 0 Å². The third kappa shape index (κ3) is 2.91. The molecular formula is C19H26N2O3. The average molecular weight is 330 g/mol. The third-order valence-electron chi connectivity index (χ3n) is 5.66. The van der Waals surface area contributed by atoms with Crippen LogP contribution in [0.2, 0.25) is 0 Å². The summed E-state index contributed by atoms with van der Waals surface area (Å²) in [6.45, 7) is 4.56. The summed E-state index contributed by atoms with van der Waals surface area (Å²) in [5, 5.41) is 3.15. The standard InChI is InChI=1S/C19H26N2O3/c1-12-9-21(10-14(24-12)11-23-2)19(22)20-8-17-16-7-13-5-3-4-6-15(13)18(16)17/h3-6,12,14,16-18H,7-11H2,1-2H3,(H,20,22)/t12-,14-,16-,17+,18-/m0/s1. The van der Waals surface area contributed by atoms with Crippen LogP contribution < -0.4 is 5.32 Å². The van der Waals surface area contributed by atoms with E-state index in [-0.39, 0.29) is 18.2 Å². The van der Waals surface area contributed by atoms with Crippen molar-refractivity contribution in [3.63, 3.8) is 0 Å². The van der Waals surface area contributed by atoms with Gasteiger partial charge >= 0.3 is 6.03 Å². The van der Waals surface area contributed by atoms with E-state index in [1.54, 1.807) is 7.11 Å². The highest BCUT2D eigenvalue weighted by Gasteiger charge is 2.55. The van der Waals surface area contributed by atoms with Crippen molar-refractivity contribution in [2.45, 2.75) is 31.5 Å². The van der Waals surface area contributed by atoms with Gasteiger partial charge in [-0.05, 0) is 42.2 Å². The molecule has 2 amide bonds. The highest BCUT2D eigenvalue weighted by Crippen LogP contribution is 2.60. The summed E-state index contributed by atoms with van der Waals surface area (Å²) in [5.74, 6) is 2.00. The second-order valence-electron chi connectivity index (χ2n) is 7.37. The molecule has 0 aromatic heterocycles. The molecule has 5 atom stereocenters. The van der Waals surface area contributed by atoms with Gasteiger partial charge in [-0.15, -0.1) is 0 Å². The molecule has 0 spiro atoms. The molecule has 3 aliphatic rings. The van der Waals surface area contributed by atoms with Gasteiger partial charge in [0.2, 0.25) is 0 Å². The molecule has 5 nitrogen and oxygen atoms in total. The number of carbonyl (C=O) groups excluding carboxylic acids is 1. The second kappa shape index (κ2) is 6.37. The molecule has 1 saturated carbocycles. The van der Waals surface area contributed by atoms with Gasteiger partial charge in [-0.1, -0.05) is 24.3 Å². The van der Waals surface area contributed by atoms with E-state index < -0.39 is 0 Å². The fraction of sp³-hybridized carbons (Fsp3) is 0.632. The summed E-state index contributed by atoms with van der Waals surface area (Å²) in [6, 6.07) is 8.77. The third-order valence-corrected chi connectivity index (χ3v) is 5.66. The zero-order valence-electron chi connectivity index (χ0n) is 14.4. The van der Waals surface area contributed by atoms with Crippen molar-refractivity contribution >= 4 is 6.03 Å². The van der Waals surface area contributed by atoms with E-state index in [0.29, 0.717) is 31.5 Å². The first-order valence-corrected chi connectivity index (χ1v) is 8.92. The van der Waals surface area contributed by atoms with Gasteiger partial charge in [-0.3, -0.25) is 0 Å². The number of urea groups is 1. The van der Waals surface area contributed by atoms with Crippen molar-refractivity contribution in [3.05, 3.63) is 35.4 Å². The fourth-order valence-electron chi connectivity index (χ4n) is 4.57. The van der Waals surface area contributed by atoms with Crippen molar-refractivity contribution in [1.29, 1.82) is 0 Å². The predicted molar refractivity (Wildman–Crippen MR) is 91.0 cm³/mol. The maximum absolute atomic E-state index is 12.5. The van der Waals surface area contributed by atoms with Crippen LogP contribution in [0.3, 0.4) is 0 Å². The quantitative estimate of drug-likeness (QED) is 0.919. The minimum atomic E-state index is -0.0308. The number of hydrogen-bond acceptors (Lipinski definition) is 3. The minimum absolute atomic E-state index is 0.0308. The van der Waals surface area contributed by atoms with Gasteiger partial charge in [0.25, 0.3) is 0 Å². The van der Waals surface area contributed by atoms with E-state index in [4.69, 9.17) is 9.47 Å². The SMILES string of the molecule is COC[C@@H]1CN(C(=O)NC[C@@H]2[C@@H]3Cc4ccccc4[C@H]23)C[C@H](C)O1. The first-order chi connectivity index (χ1) is 11.7. The molecule has 1 heterocycles. The van der Waals surface area contributed by atoms with Gasteiger partial charge in [0.05, 0.1) is 25.4 Å². The molecule has 2 fully saturated rings. The minimum Gasteiger partial charge on any atom is -0.382 e. The number of nitrogens with zero attached hydrogens (tertiary/aromatic N) is 1. The monoisotopic (exact) mass is 330 g/mol. The van der Waals surface area contributed by atoms with Crippen molar-refractivity contribution in [3.8, 4) is 0 Å². The van der Waals surface area contributed by atoms with E-state index in [1.165, 1.54) is 17.5 Å². The number of methoxy groups -OCH3 is 1. The largest absolute Gasteiger partial charge is 0.382 e. The Morgan fingerprint density at radius 3 is 3.04 bits per heavy atom. The molecule has 5 heteroatoms. The summed E-state index contributed by atoms with van der Waals surface area (Å²) < 4.78 is 11.0. The van der Waals surface area contributed by atoms with Gasteiger partial charge in [0.15, 0.2) is 0 Å². The average Bonchev–Trinajstić information content (AvgIpc) is 3.10.